The lowest BCUT2D eigenvalue weighted by Gasteiger charge is -2.39. The van der Waals surface area contributed by atoms with Gasteiger partial charge in [0.2, 0.25) is 5.91 Å². The Morgan fingerprint density at radius 1 is 1.07 bits per heavy atom. The molecule has 2 atom stereocenters. The van der Waals surface area contributed by atoms with E-state index in [0.29, 0.717) is 6.54 Å². The number of benzene rings is 1. The smallest absolute Gasteiger partial charge is 0.317 e. The summed E-state index contributed by atoms with van der Waals surface area (Å²) >= 11 is 0. The summed E-state index contributed by atoms with van der Waals surface area (Å²) < 4.78 is 0. The molecule has 1 aliphatic heterocycles. The van der Waals surface area contributed by atoms with Crippen LogP contribution in [0.25, 0.3) is 0 Å². The van der Waals surface area contributed by atoms with Gasteiger partial charge in [-0.3, -0.25) is 4.79 Å². The number of urea groups is 1. The van der Waals surface area contributed by atoms with E-state index < -0.39 is 0 Å². The minimum Gasteiger partial charge on any atom is -0.356 e. The summed E-state index contributed by atoms with van der Waals surface area (Å²) in [4.78, 5) is 27.7. The average Bonchev–Trinajstić information content (AvgIpc) is 2.72. The van der Waals surface area contributed by atoms with Gasteiger partial charge >= 0.3 is 6.03 Å². The number of amides is 3. The molecule has 2 unspecified atom stereocenters. The van der Waals surface area contributed by atoms with Crippen LogP contribution in [0.3, 0.4) is 0 Å². The van der Waals surface area contributed by atoms with Crippen LogP contribution in [0.15, 0.2) is 24.3 Å². The van der Waals surface area contributed by atoms with Crippen LogP contribution in [0.1, 0.15) is 62.5 Å². The maximum atomic E-state index is 13.0. The van der Waals surface area contributed by atoms with Gasteiger partial charge in [-0.1, -0.05) is 55.5 Å². The van der Waals surface area contributed by atoms with Crippen molar-refractivity contribution in [2.24, 2.45) is 5.92 Å². The number of rotatable bonds is 2. The molecule has 0 aromatic heterocycles. The van der Waals surface area contributed by atoms with Crippen LogP contribution in [0.4, 0.5) is 4.79 Å². The Bertz CT molecular complexity index is 629. The molecule has 3 rings (SSSR count). The largest absolute Gasteiger partial charge is 0.356 e. The highest BCUT2D eigenvalue weighted by molar-refractivity contribution is 5.81. The van der Waals surface area contributed by atoms with E-state index in [9.17, 15) is 9.59 Å². The molecule has 3 amide bonds. The van der Waals surface area contributed by atoms with Gasteiger partial charge in [-0.05, 0) is 38.2 Å². The van der Waals surface area contributed by atoms with Gasteiger partial charge in [0.15, 0.2) is 0 Å². The van der Waals surface area contributed by atoms with E-state index in [0.717, 1.165) is 70.0 Å². The van der Waals surface area contributed by atoms with Gasteiger partial charge in [-0.2, -0.15) is 0 Å². The third kappa shape index (κ3) is 5.47. The van der Waals surface area contributed by atoms with Gasteiger partial charge in [-0.25, -0.2) is 4.79 Å². The van der Waals surface area contributed by atoms with Crippen LogP contribution < -0.4 is 10.6 Å². The van der Waals surface area contributed by atoms with Crippen molar-refractivity contribution in [1.29, 1.82) is 0 Å². The summed E-state index contributed by atoms with van der Waals surface area (Å²) in [5, 5.41) is 6.20. The summed E-state index contributed by atoms with van der Waals surface area (Å²) in [6.07, 6.45) is 8.24. The predicted molar refractivity (Wildman–Crippen MR) is 107 cm³/mol. The van der Waals surface area contributed by atoms with Crippen molar-refractivity contribution >= 4 is 11.9 Å². The lowest BCUT2D eigenvalue weighted by Crippen LogP contribution is -2.53. The van der Waals surface area contributed by atoms with E-state index in [1.165, 1.54) is 5.56 Å². The predicted octanol–water partition coefficient (Wildman–Crippen LogP) is 3.76. The quantitative estimate of drug-likeness (QED) is 0.832. The molecule has 1 aliphatic carbocycles. The minimum atomic E-state index is -0.0676. The van der Waals surface area contributed by atoms with Crippen molar-refractivity contribution in [2.45, 2.75) is 70.9 Å². The highest BCUT2D eigenvalue weighted by Gasteiger charge is 2.36. The Morgan fingerprint density at radius 2 is 1.81 bits per heavy atom. The second kappa shape index (κ2) is 9.77. The number of hydrogen-bond acceptors (Lipinski definition) is 2. The first-order valence-corrected chi connectivity index (χ1v) is 10.5. The standard InChI is InChI=1S/C22H33N3O2/c1-17-10-12-18(13-11-17)16-24-22(27)25-15-7-3-2-6-14-23-21(26)19-8-4-5-9-20(19)25/h10-13,19-20H,2-9,14-16H2,1H3,(H,23,26)(H,24,27). The fourth-order valence-electron chi connectivity index (χ4n) is 4.30. The lowest BCUT2D eigenvalue weighted by molar-refractivity contribution is -0.127. The topological polar surface area (TPSA) is 61.4 Å². The summed E-state index contributed by atoms with van der Waals surface area (Å²) in [7, 11) is 0. The van der Waals surface area contributed by atoms with Gasteiger partial charge in [-0.15, -0.1) is 0 Å². The molecular weight excluding hydrogens is 338 g/mol. The van der Waals surface area contributed by atoms with Gasteiger partial charge in [0.1, 0.15) is 0 Å². The van der Waals surface area contributed by atoms with E-state index >= 15 is 0 Å². The van der Waals surface area contributed by atoms with E-state index in [1.54, 1.807) is 0 Å². The SMILES string of the molecule is Cc1ccc(CNC(=O)N2CCCCCCNC(=O)C3CCCCC32)cc1. The zero-order valence-corrected chi connectivity index (χ0v) is 16.5. The molecule has 1 aromatic rings. The molecule has 0 radical (unpaired) electrons. The molecule has 2 aliphatic rings. The van der Waals surface area contributed by atoms with Crippen LogP contribution in [-0.4, -0.2) is 36.0 Å². The fourth-order valence-corrected chi connectivity index (χ4v) is 4.30. The van der Waals surface area contributed by atoms with Gasteiger partial charge in [0, 0.05) is 25.7 Å². The molecule has 5 heteroatoms. The second-order valence-corrected chi connectivity index (χ2v) is 8.00. The van der Waals surface area contributed by atoms with Crippen molar-refractivity contribution < 1.29 is 9.59 Å². The molecule has 1 saturated carbocycles. The summed E-state index contributed by atoms with van der Waals surface area (Å²) in [6, 6.07) is 8.24. The van der Waals surface area contributed by atoms with Gasteiger partial charge in [0.05, 0.1) is 5.92 Å². The Morgan fingerprint density at radius 3 is 2.63 bits per heavy atom. The number of nitrogens with one attached hydrogen (secondary N) is 2. The monoisotopic (exact) mass is 371 g/mol. The van der Waals surface area contributed by atoms with E-state index in [-0.39, 0.29) is 23.9 Å². The Labute approximate surface area is 162 Å². The van der Waals surface area contributed by atoms with Crippen LogP contribution >= 0.6 is 0 Å². The zero-order chi connectivity index (χ0) is 19.1. The Kier molecular flexibility index (Phi) is 7.13. The molecule has 1 saturated heterocycles. The summed E-state index contributed by atoms with van der Waals surface area (Å²) in [5.41, 5.74) is 2.32. The molecule has 2 N–H and O–H groups in total. The first kappa shape index (κ1) is 19.7. The number of hydrogen-bond donors (Lipinski definition) is 2. The maximum absolute atomic E-state index is 13.0. The van der Waals surface area contributed by atoms with Gasteiger partial charge in [0.25, 0.3) is 0 Å². The number of nitrogens with zero attached hydrogens (tertiary/aromatic N) is 1. The molecule has 148 valence electrons. The maximum Gasteiger partial charge on any atom is 0.317 e. The molecular formula is C22H33N3O2. The van der Waals surface area contributed by atoms with Gasteiger partial charge < -0.3 is 15.5 Å². The first-order valence-electron chi connectivity index (χ1n) is 10.5. The third-order valence-electron chi connectivity index (χ3n) is 5.92. The van der Waals surface area contributed by atoms with Crippen molar-refractivity contribution in [2.75, 3.05) is 13.1 Å². The first-order chi connectivity index (χ1) is 13.1. The van der Waals surface area contributed by atoms with Crippen LogP contribution in [0, 0.1) is 12.8 Å². The molecule has 0 spiro atoms. The van der Waals surface area contributed by atoms with Crippen LogP contribution in [-0.2, 0) is 11.3 Å². The van der Waals surface area contributed by atoms with Crippen molar-refractivity contribution in [3.05, 3.63) is 35.4 Å². The molecule has 2 fully saturated rings. The molecule has 5 nitrogen and oxygen atoms in total. The number of aryl methyl sites for hydroxylation is 1. The molecule has 1 aromatic carbocycles. The number of carbonyl (C=O) groups is 2. The highest BCUT2D eigenvalue weighted by Crippen LogP contribution is 2.29. The van der Waals surface area contributed by atoms with E-state index in [1.807, 2.05) is 4.90 Å². The van der Waals surface area contributed by atoms with Crippen molar-refractivity contribution in [3.8, 4) is 0 Å². The number of fused-ring (bicyclic) bond motifs is 1. The molecule has 1 heterocycles. The highest BCUT2D eigenvalue weighted by atomic mass is 16.2. The third-order valence-corrected chi connectivity index (χ3v) is 5.92. The van der Waals surface area contributed by atoms with Crippen LogP contribution in [0.2, 0.25) is 0 Å². The zero-order valence-electron chi connectivity index (χ0n) is 16.5. The van der Waals surface area contributed by atoms with Crippen molar-refractivity contribution in [3.63, 3.8) is 0 Å². The number of carbonyl (C=O) groups excluding carboxylic acids is 2. The molecule has 27 heavy (non-hydrogen) atoms. The second-order valence-electron chi connectivity index (χ2n) is 8.00. The average molecular weight is 372 g/mol. The summed E-state index contributed by atoms with van der Waals surface area (Å²) in [6.45, 7) is 4.10. The fraction of sp³-hybridized carbons (Fsp3) is 0.636. The van der Waals surface area contributed by atoms with Crippen molar-refractivity contribution in [1.82, 2.24) is 15.5 Å². The van der Waals surface area contributed by atoms with E-state index in [4.69, 9.17) is 0 Å². The summed E-state index contributed by atoms with van der Waals surface area (Å²) in [5.74, 6) is 0.0694. The Balaban J connectivity index is 1.70. The van der Waals surface area contributed by atoms with Crippen LogP contribution in [0.5, 0.6) is 0 Å². The normalized spacial score (nSPS) is 24.3. The van der Waals surface area contributed by atoms with E-state index in [2.05, 4.69) is 41.8 Å². The minimum absolute atomic E-state index is 0.0230. The molecule has 0 bridgehead atoms. The Hall–Kier alpha value is -2.04. The lowest BCUT2D eigenvalue weighted by atomic mass is 9.82.